The number of hydrogen-bond donors (Lipinski definition) is 0. The van der Waals surface area contributed by atoms with Crippen molar-refractivity contribution in [2.24, 2.45) is 40.4 Å². The van der Waals surface area contributed by atoms with Gasteiger partial charge in [-0.15, -0.1) is 0 Å². The van der Waals surface area contributed by atoms with E-state index in [9.17, 15) is 0 Å². The maximum absolute atomic E-state index is 2.70. The molecule has 2 saturated carbocycles. The molecule has 0 bridgehead atoms. The second-order valence-electron chi connectivity index (χ2n) is 10.1. The summed E-state index contributed by atoms with van der Waals surface area (Å²) in [6.45, 7) is 12.5. The Kier molecular flexibility index (Phi) is 3.64. The molecule has 6 atom stereocenters. The van der Waals surface area contributed by atoms with Gasteiger partial charge in [-0.2, -0.15) is 0 Å². The molecule has 0 nitrogen and oxygen atoms in total. The summed E-state index contributed by atoms with van der Waals surface area (Å²) in [7, 11) is 0. The SMILES string of the molecule is CC1CCC2(C)C(=CCC3C2CCC2(C)C(C(C)C)=CCC32)C1. The third kappa shape index (κ3) is 2.16. The zero-order chi connectivity index (χ0) is 16.4. The highest BCUT2D eigenvalue weighted by molar-refractivity contribution is 5.30. The van der Waals surface area contributed by atoms with Crippen molar-refractivity contribution >= 4 is 0 Å². The lowest BCUT2D eigenvalue weighted by Gasteiger charge is -2.58. The van der Waals surface area contributed by atoms with Gasteiger partial charge in [0.05, 0.1) is 0 Å². The van der Waals surface area contributed by atoms with Crippen LogP contribution in [0.5, 0.6) is 0 Å². The quantitative estimate of drug-likeness (QED) is 0.468. The topological polar surface area (TPSA) is 0 Å². The molecule has 2 fully saturated rings. The third-order valence-corrected chi connectivity index (χ3v) is 8.61. The smallest absolute Gasteiger partial charge is 0.00797 e. The van der Waals surface area contributed by atoms with Gasteiger partial charge >= 0.3 is 0 Å². The van der Waals surface area contributed by atoms with Gasteiger partial charge in [-0.05, 0) is 85.4 Å². The van der Waals surface area contributed by atoms with Crippen LogP contribution in [0, 0.1) is 40.4 Å². The summed E-state index contributed by atoms with van der Waals surface area (Å²) in [6.07, 6.45) is 15.3. The van der Waals surface area contributed by atoms with E-state index in [2.05, 4.69) is 46.8 Å². The molecular formula is C23H36. The predicted octanol–water partition coefficient (Wildman–Crippen LogP) is 6.78. The highest BCUT2D eigenvalue weighted by Gasteiger charge is 2.56. The number of fused-ring (bicyclic) bond motifs is 5. The Balaban J connectivity index is 1.66. The fraction of sp³-hybridized carbons (Fsp3) is 0.826. The van der Waals surface area contributed by atoms with E-state index in [0.29, 0.717) is 10.8 Å². The van der Waals surface area contributed by atoms with Crippen molar-refractivity contribution in [3.05, 3.63) is 23.3 Å². The van der Waals surface area contributed by atoms with Gasteiger partial charge < -0.3 is 0 Å². The van der Waals surface area contributed by atoms with Gasteiger partial charge in [0, 0.05) is 0 Å². The largest absolute Gasteiger partial charge is 0.0845 e. The molecule has 0 spiro atoms. The van der Waals surface area contributed by atoms with E-state index in [0.717, 1.165) is 29.6 Å². The maximum Gasteiger partial charge on any atom is -0.00797 e. The first-order valence-corrected chi connectivity index (χ1v) is 10.3. The fourth-order valence-corrected chi connectivity index (χ4v) is 7.34. The zero-order valence-corrected chi connectivity index (χ0v) is 16.0. The van der Waals surface area contributed by atoms with Crippen molar-refractivity contribution in [3.8, 4) is 0 Å². The van der Waals surface area contributed by atoms with E-state index < -0.39 is 0 Å². The molecule has 6 unspecified atom stereocenters. The molecule has 0 aromatic carbocycles. The molecule has 0 aromatic rings. The maximum atomic E-state index is 2.70. The first-order chi connectivity index (χ1) is 10.9. The Bertz CT molecular complexity index is 550. The Morgan fingerprint density at radius 1 is 0.957 bits per heavy atom. The second-order valence-corrected chi connectivity index (χ2v) is 10.1. The number of hydrogen-bond acceptors (Lipinski definition) is 0. The van der Waals surface area contributed by atoms with Crippen molar-refractivity contribution in [2.75, 3.05) is 0 Å². The lowest BCUT2D eigenvalue weighted by molar-refractivity contribution is -0.0225. The molecule has 4 rings (SSSR count). The van der Waals surface area contributed by atoms with E-state index >= 15 is 0 Å². The summed E-state index contributed by atoms with van der Waals surface area (Å²) in [5, 5.41) is 0. The molecule has 23 heavy (non-hydrogen) atoms. The van der Waals surface area contributed by atoms with Gasteiger partial charge in [-0.25, -0.2) is 0 Å². The van der Waals surface area contributed by atoms with Crippen LogP contribution in [0.25, 0.3) is 0 Å². The normalized spacial score (nSPS) is 49.1. The zero-order valence-electron chi connectivity index (χ0n) is 16.0. The minimum Gasteiger partial charge on any atom is -0.0845 e. The van der Waals surface area contributed by atoms with Crippen LogP contribution < -0.4 is 0 Å². The molecular weight excluding hydrogens is 276 g/mol. The Morgan fingerprint density at radius 2 is 1.70 bits per heavy atom. The molecule has 0 heterocycles. The van der Waals surface area contributed by atoms with Crippen LogP contribution in [0.15, 0.2) is 23.3 Å². The molecule has 0 N–H and O–H groups in total. The first kappa shape index (κ1) is 16.0. The van der Waals surface area contributed by atoms with Crippen molar-refractivity contribution in [3.63, 3.8) is 0 Å². The molecule has 4 aliphatic carbocycles. The third-order valence-electron chi connectivity index (χ3n) is 8.61. The van der Waals surface area contributed by atoms with Crippen molar-refractivity contribution < 1.29 is 0 Å². The lowest BCUT2D eigenvalue weighted by atomic mass is 9.47. The van der Waals surface area contributed by atoms with Crippen LogP contribution in [0.2, 0.25) is 0 Å². The standard InChI is InChI=1S/C23H36/c1-15(2)19-8-9-20-18-7-6-17-14-16(3)10-12-22(17,4)21(18)11-13-23(19,20)5/h6,8,15-16,18,20-21H,7,9-14H2,1-5H3. The van der Waals surface area contributed by atoms with Gasteiger partial charge in [0.25, 0.3) is 0 Å². The second kappa shape index (κ2) is 5.24. The minimum atomic E-state index is 0.513. The van der Waals surface area contributed by atoms with Crippen LogP contribution in [0.1, 0.15) is 79.6 Å². The molecule has 0 aliphatic heterocycles. The monoisotopic (exact) mass is 312 g/mol. The van der Waals surface area contributed by atoms with Crippen LogP contribution in [-0.4, -0.2) is 0 Å². The van der Waals surface area contributed by atoms with Crippen molar-refractivity contribution in [1.29, 1.82) is 0 Å². The number of allylic oxidation sites excluding steroid dienone is 4. The Labute approximate surface area is 143 Å². The first-order valence-electron chi connectivity index (χ1n) is 10.3. The lowest BCUT2D eigenvalue weighted by Crippen LogP contribution is -2.49. The van der Waals surface area contributed by atoms with E-state index in [1.54, 1.807) is 5.57 Å². The molecule has 0 heteroatoms. The van der Waals surface area contributed by atoms with Crippen LogP contribution >= 0.6 is 0 Å². The van der Waals surface area contributed by atoms with Crippen molar-refractivity contribution in [2.45, 2.75) is 79.6 Å². The van der Waals surface area contributed by atoms with E-state index in [1.807, 2.05) is 5.57 Å². The van der Waals surface area contributed by atoms with Crippen LogP contribution in [0.3, 0.4) is 0 Å². The summed E-state index contributed by atoms with van der Waals surface area (Å²) >= 11 is 0. The van der Waals surface area contributed by atoms with E-state index in [4.69, 9.17) is 0 Å². The number of rotatable bonds is 1. The summed E-state index contributed by atoms with van der Waals surface area (Å²) in [4.78, 5) is 0. The van der Waals surface area contributed by atoms with Gasteiger partial charge in [0.15, 0.2) is 0 Å². The van der Waals surface area contributed by atoms with Gasteiger partial charge in [0.2, 0.25) is 0 Å². The van der Waals surface area contributed by atoms with Crippen molar-refractivity contribution in [1.82, 2.24) is 0 Å². The van der Waals surface area contributed by atoms with Gasteiger partial charge in [-0.1, -0.05) is 57.9 Å². The van der Waals surface area contributed by atoms with E-state index in [-0.39, 0.29) is 0 Å². The Morgan fingerprint density at radius 3 is 2.43 bits per heavy atom. The molecule has 0 saturated heterocycles. The molecule has 0 radical (unpaired) electrons. The summed E-state index contributed by atoms with van der Waals surface area (Å²) in [5.41, 5.74) is 4.69. The highest BCUT2D eigenvalue weighted by Crippen LogP contribution is 2.65. The minimum absolute atomic E-state index is 0.513. The molecule has 4 aliphatic rings. The van der Waals surface area contributed by atoms with Crippen LogP contribution in [0.4, 0.5) is 0 Å². The van der Waals surface area contributed by atoms with Gasteiger partial charge in [0.1, 0.15) is 0 Å². The Hall–Kier alpha value is -0.520. The highest BCUT2D eigenvalue weighted by atomic mass is 14.6. The summed E-state index contributed by atoms with van der Waals surface area (Å²) in [5.74, 6) is 4.49. The molecule has 0 amide bonds. The summed E-state index contributed by atoms with van der Waals surface area (Å²) < 4.78 is 0. The van der Waals surface area contributed by atoms with Gasteiger partial charge in [-0.3, -0.25) is 0 Å². The average molecular weight is 313 g/mol. The molecule has 0 aromatic heterocycles. The fourth-order valence-electron chi connectivity index (χ4n) is 7.34. The predicted molar refractivity (Wildman–Crippen MR) is 99.2 cm³/mol. The van der Waals surface area contributed by atoms with Crippen LogP contribution in [-0.2, 0) is 0 Å². The molecule has 128 valence electrons. The average Bonchev–Trinajstić information content (AvgIpc) is 2.85. The van der Waals surface area contributed by atoms with E-state index in [1.165, 1.54) is 44.9 Å². The summed E-state index contributed by atoms with van der Waals surface area (Å²) in [6, 6.07) is 0.